The lowest BCUT2D eigenvalue weighted by molar-refractivity contribution is 0.474. The molecule has 17 heavy (non-hydrogen) atoms. The van der Waals surface area contributed by atoms with Gasteiger partial charge in [0.1, 0.15) is 5.75 Å². The number of benzene rings is 2. The first-order chi connectivity index (χ1) is 8.15. The highest BCUT2D eigenvalue weighted by Crippen LogP contribution is 2.23. The van der Waals surface area contributed by atoms with Crippen molar-refractivity contribution in [2.24, 2.45) is 0 Å². The summed E-state index contributed by atoms with van der Waals surface area (Å²) in [5, 5.41) is 9.63. The molecule has 0 radical (unpaired) electrons. The Balaban J connectivity index is 2.29. The van der Waals surface area contributed by atoms with Crippen molar-refractivity contribution < 1.29 is 5.11 Å². The van der Waals surface area contributed by atoms with Gasteiger partial charge in [0.2, 0.25) is 0 Å². The van der Waals surface area contributed by atoms with Gasteiger partial charge in [0.25, 0.3) is 0 Å². The Labute approximate surface area is 117 Å². The molecule has 0 saturated carbocycles. The Hall–Kier alpha value is -1.06. The van der Waals surface area contributed by atoms with Gasteiger partial charge in [-0.2, -0.15) is 0 Å². The first-order valence-corrected chi connectivity index (χ1v) is 6.66. The summed E-state index contributed by atoms with van der Waals surface area (Å²) in [6.45, 7) is 0. The third kappa shape index (κ3) is 3.45. The van der Waals surface area contributed by atoms with Crippen molar-refractivity contribution in [3.8, 4) is 5.75 Å². The van der Waals surface area contributed by atoms with E-state index in [1.54, 1.807) is 6.07 Å². The van der Waals surface area contributed by atoms with Gasteiger partial charge in [-0.3, -0.25) is 0 Å². The zero-order valence-corrected chi connectivity index (χ0v) is 12.1. The Bertz CT molecular complexity index is 542. The van der Waals surface area contributed by atoms with Crippen molar-refractivity contribution in [2.75, 3.05) is 0 Å². The summed E-state index contributed by atoms with van der Waals surface area (Å²) >= 11 is 6.88. The van der Waals surface area contributed by atoms with Crippen molar-refractivity contribution >= 4 is 44.0 Å². The van der Waals surface area contributed by atoms with Crippen LogP contribution >= 0.6 is 31.9 Å². The molecule has 0 aliphatic rings. The van der Waals surface area contributed by atoms with E-state index in [0.29, 0.717) is 0 Å². The summed E-state index contributed by atoms with van der Waals surface area (Å²) in [6.07, 6.45) is 3.86. The molecule has 0 fully saturated rings. The molecule has 3 heteroatoms. The van der Waals surface area contributed by atoms with Crippen LogP contribution in [0, 0.1) is 0 Å². The highest BCUT2D eigenvalue weighted by Gasteiger charge is 1.96. The average molecular weight is 354 g/mol. The Morgan fingerprint density at radius 1 is 0.882 bits per heavy atom. The molecule has 0 aliphatic heterocycles. The maximum Gasteiger partial charge on any atom is 0.122 e. The van der Waals surface area contributed by atoms with Gasteiger partial charge < -0.3 is 5.11 Å². The molecule has 1 N–H and O–H groups in total. The third-order valence-corrected chi connectivity index (χ3v) is 3.19. The normalized spacial score (nSPS) is 10.9. The van der Waals surface area contributed by atoms with Gasteiger partial charge in [0, 0.05) is 14.5 Å². The molecule has 0 atom stereocenters. The Kier molecular flexibility index (Phi) is 4.02. The second-order valence-electron chi connectivity index (χ2n) is 3.59. The predicted octanol–water partition coefficient (Wildman–Crippen LogP) is 5.09. The van der Waals surface area contributed by atoms with E-state index in [1.807, 2.05) is 48.6 Å². The fourth-order valence-electron chi connectivity index (χ4n) is 1.49. The second-order valence-corrected chi connectivity index (χ2v) is 5.43. The van der Waals surface area contributed by atoms with E-state index >= 15 is 0 Å². The fraction of sp³-hybridized carbons (Fsp3) is 0. The number of hydrogen-bond donors (Lipinski definition) is 1. The highest BCUT2D eigenvalue weighted by atomic mass is 79.9. The van der Waals surface area contributed by atoms with E-state index in [0.717, 1.165) is 20.1 Å². The number of para-hydroxylation sites is 1. The van der Waals surface area contributed by atoms with Crippen LogP contribution in [0.2, 0.25) is 0 Å². The van der Waals surface area contributed by atoms with E-state index in [2.05, 4.69) is 31.9 Å². The van der Waals surface area contributed by atoms with Crippen LogP contribution in [0.3, 0.4) is 0 Å². The molecule has 0 saturated heterocycles. The minimum atomic E-state index is 0.290. The maximum atomic E-state index is 9.63. The van der Waals surface area contributed by atoms with E-state index in [9.17, 15) is 5.11 Å². The van der Waals surface area contributed by atoms with Crippen molar-refractivity contribution in [3.63, 3.8) is 0 Å². The molecule has 0 amide bonds. The van der Waals surface area contributed by atoms with Crippen LogP contribution in [-0.2, 0) is 0 Å². The number of hydrogen-bond acceptors (Lipinski definition) is 1. The van der Waals surface area contributed by atoms with Crippen molar-refractivity contribution in [1.29, 1.82) is 0 Å². The zero-order valence-electron chi connectivity index (χ0n) is 8.90. The number of halogens is 2. The van der Waals surface area contributed by atoms with E-state index in [4.69, 9.17) is 0 Å². The molecule has 2 aromatic rings. The van der Waals surface area contributed by atoms with Gasteiger partial charge in [0.15, 0.2) is 0 Å². The number of aromatic hydroxyl groups is 1. The van der Waals surface area contributed by atoms with E-state index in [-0.39, 0.29) is 5.75 Å². The van der Waals surface area contributed by atoms with Gasteiger partial charge in [-0.15, -0.1) is 0 Å². The van der Waals surface area contributed by atoms with Crippen molar-refractivity contribution in [2.45, 2.75) is 0 Å². The molecular formula is C14H10Br2O. The molecule has 0 aliphatic carbocycles. The lowest BCUT2D eigenvalue weighted by Gasteiger charge is -1.99. The summed E-state index contributed by atoms with van der Waals surface area (Å²) in [5.41, 5.74) is 1.87. The number of phenols is 1. The molecule has 0 aromatic heterocycles. The average Bonchev–Trinajstić information content (AvgIpc) is 2.27. The van der Waals surface area contributed by atoms with Crippen LogP contribution in [0.1, 0.15) is 11.1 Å². The molecule has 86 valence electrons. The molecule has 2 rings (SSSR count). The molecule has 0 spiro atoms. The quantitative estimate of drug-likeness (QED) is 0.745. The minimum absolute atomic E-state index is 0.290. The van der Waals surface area contributed by atoms with Crippen LogP contribution < -0.4 is 0 Å². The smallest absolute Gasteiger partial charge is 0.122 e. The monoisotopic (exact) mass is 352 g/mol. The van der Waals surface area contributed by atoms with Crippen LogP contribution in [0.15, 0.2) is 51.4 Å². The number of phenolic OH excluding ortho intramolecular Hbond substituents is 1. The molecule has 1 nitrogen and oxygen atoms in total. The third-order valence-electron chi connectivity index (χ3n) is 2.28. The van der Waals surface area contributed by atoms with Crippen LogP contribution in [0.4, 0.5) is 0 Å². The Morgan fingerprint density at radius 2 is 1.53 bits per heavy atom. The summed E-state index contributed by atoms with van der Waals surface area (Å²) in [7, 11) is 0. The van der Waals surface area contributed by atoms with Gasteiger partial charge in [-0.05, 0) is 29.8 Å². The standard InChI is InChI=1S/C14H10Br2O/c15-12-7-10(8-13(16)9-12)5-6-11-3-1-2-4-14(11)17/h1-9,17H/b6-5+. The lowest BCUT2D eigenvalue weighted by Crippen LogP contribution is -1.76. The van der Waals surface area contributed by atoms with Crippen molar-refractivity contribution in [3.05, 3.63) is 62.5 Å². The van der Waals surface area contributed by atoms with Gasteiger partial charge in [-0.25, -0.2) is 0 Å². The molecule has 0 bridgehead atoms. The highest BCUT2D eigenvalue weighted by molar-refractivity contribution is 9.11. The van der Waals surface area contributed by atoms with Gasteiger partial charge in [-0.1, -0.05) is 62.2 Å². The minimum Gasteiger partial charge on any atom is -0.507 e. The van der Waals surface area contributed by atoms with Gasteiger partial charge in [0.05, 0.1) is 0 Å². The summed E-state index contributed by atoms with van der Waals surface area (Å²) in [5.74, 6) is 0.290. The molecule has 2 aromatic carbocycles. The van der Waals surface area contributed by atoms with Crippen LogP contribution in [0.5, 0.6) is 5.75 Å². The lowest BCUT2D eigenvalue weighted by atomic mass is 10.1. The van der Waals surface area contributed by atoms with E-state index in [1.165, 1.54) is 0 Å². The maximum absolute atomic E-state index is 9.63. The first-order valence-electron chi connectivity index (χ1n) is 5.07. The molecule has 0 unspecified atom stereocenters. The zero-order chi connectivity index (χ0) is 12.3. The second kappa shape index (κ2) is 5.52. The summed E-state index contributed by atoms with van der Waals surface area (Å²) < 4.78 is 2.03. The van der Waals surface area contributed by atoms with Crippen LogP contribution in [0.25, 0.3) is 12.2 Å². The predicted molar refractivity (Wildman–Crippen MR) is 78.9 cm³/mol. The number of rotatable bonds is 2. The topological polar surface area (TPSA) is 20.2 Å². The van der Waals surface area contributed by atoms with Gasteiger partial charge >= 0.3 is 0 Å². The SMILES string of the molecule is Oc1ccccc1/C=C/c1cc(Br)cc(Br)c1. The van der Waals surface area contributed by atoms with Crippen molar-refractivity contribution in [1.82, 2.24) is 0 Å². The summed E-state index contributed by atoms with van der Waals surface area (Å²) in [4.78, 5) is 0. The fourth-order valence-corrected chi connectivity index (χ4v) is 2.81. The van der Waals surface area contributed by atoms with Crippen LogP contribution in [-0.4, -0.2) is 5.11 Å². The van der Waals surface area contributed by atoms with E-state index < -0.39 is 0 Å². The molecular weight excluding hydrogens is 344 g/mol. The molecule has 0 heterocycles. The first kappa shape index (κ1) is 12.4. The Morgan fingerprint density at radius 3 is 2.18 bits per heavy atom. The largest absolute Gasteiger partial charge is 0.507 e. The summed E-state index contributed by atoms with van der Waals surface area (Å²) in [6, 6.07) is 13.3.